The first kappa shape index (κ1) is 28.8. The average molecular weight is 617 g/mol. The molecule has 2 aromatic carbocycles. The molecule has 2 aromatic rings. The number of amides is 3. The van der Waals surface area contributed by atoms with Gasteiger partial charge in [-0.05, 0) is 67.5 Å². The first-order chi connectivity index (χ1) is 20.0. The molecule has 12 heteroatoms. The van der Waals surface area contributed by atoms with Gasteiger partial charge in [0.05, 0.1) is 12.0 Å². The predicted octanol–water partition coefficient (Wildman–Crippen LogP) is 4.15. The van der Waals surface area contributed by atoms with Gasteiger partial charge >= 0.3 is 0 Å². The van der Waals surface area contributed by atoms with E-state index in [-0.39, 0.29) is 46.3 Å². The van der Waals surface area contributed by atoms with E-state index in [4.69, 9.17) is 23.2 Å². The number of carbonyl (C=O) groups is 3. The lowest BCUT2D eigenvalue weighted by Gasteiger charge is -2.54. The maximum Gasteiger partial charge on any atom is 0.264 e. The fourth-order valence-electron chi connectivity index (χ4n) is 7.21. The van der Waals surface area contributed by atoms with Crippen LogP contribution in [0.15, 0.2) is 36.4 Å². The van der Waals surface area contributed by atoms with Crippen LogP contribution in [0, 0.1) is 23.2 Å². The van der Waals surface area contributed by atoms with E-state index in [1.165, 1.54) is 12.1 Å². The number of nitrogens with zero attached hydrogens (tertiary/aromatic N) is 2. The topological polar surface area (TPSA) is 123 Å². The first-order valence-electron chi connectivity index (χ1n) is 14.0. The number of nitriles is 1. The van der Waals surface area contributed by atoms with Crippen LogP contribution in [-0.2, 0) is 20.0 Å². The maximum atomic E-state index is 15.3. The third-order valence-electron chi connectivity index (χ3n) is 9.17. The van der Waals surface area contributed by atoms with E-state index < -0.39 is 59.7 Å². The molecule has 3 saturated heterocycles. The average Bonchev–Trinajstić information content (AvgIpc) is 3.20. The first-order valence-corrected chi connectivity index (χ1v) is 14.7. The number of aliphatic hydroxyl groups is 1. The minimum Gasteiger partial charge on any atom is -0.372 e. The molecule has 0 unspecified atom stereocenters. The zero-order chi connectivity index (χ0) is 30.0. The molecule has 3 amide bonds. The zero-order valence-corrected chi connectivity index (χ0v) is 23.9. The number of carbonyl (C=O) groups excluding carboxylic acids is 3. The quantitative estimate of drug-likeness (QED) is 0.466. The van der Waals surface area contributed by atoms with Crippen molar-refractivity contribution >= 4 is 40.9 Å². The van der Waals surface area contributed by atoms with Crippen molar-refractivity contribution in [3.05, 3.63) is 57.6 Å². The Kier molecular flexibility index (Phi) is 7.19. The lowest BCUT2D eigenvalue weighted by molar-refractivity contribution is -0.201. The van der Waals surface area contributed by atoms with Crippen molar-refractivity contribution in [2.24, 2.45) is 11.8 Å². The molecule has 4 fully saturated rings. The van der Waals surface area contributed by atoms with E-state index in [2.05, 4.69) is 10.6 Å². The fourth-order valence-corrected chi connectivity index (χ4v) is 7.55. The number of hydrogen-bond donors (Lipinski definition) is 3. The highest BCUT2D eigenvalue weighted by atomic mass is 35.5. The second kappa shape index (κ2) is 10.5. The molecule has 0 aromatic heterocycles. The van der Waals surface area contributed by atoms with Crippen molar-refractivity contribution in [2.75, 3.05) is 6.54 Å². The van der Waals surface area contributed by atoms with Gasteiger partial charge in [-0.25, -0.2) is 8.78 Å². The molecule has 7 rings (SSSR count). The third-order valence-corrected chi connectivity index (χ3v) is 9.64. The van der Waals surface area contributed by atoms with Gasteiger partial charge in [0.25, 0.3) is 11.8 Å². The van der Waals surface area contributed by atoms with Crippen LogP contribution in [0.5, 0.6) is 0 Å². The number of benzene rings is 2. The molecule has 8 nitrogen and oxygen atoms in total. The molecule has 2 aliphatic carbocycles. The minimum absolute atomic E-state index is 0.00889. The van der Waals surface area contributed by atoms with Crippen LogP contribution in [0.3, 0.4) is 0 Å². The van der Waals surface area contributed by atoms with Crippen LogP contribution in [0.25, 0.3) is 11.1 Å². The molecule has 3 aliphatic heterocycles. The fraction of sp³-hybridized carbons (Fsp3) is 0.467. The highest BCUT2D eigenvalue weighted by Crippen LogP contribution is 2.54. The van der Waals surface area contributed by atoms with E-state index in [1.807, 2.05) is 6.07 Å². The minimum atomic E-state index is -3.24. The van der Waals surface area contributed by atoms with Crippen molar-refractivity contribution in [3.8, 4) is 17.2 Å². The van der Waals surface area contributed by atoms with Crippen LogP contribution < -0.4 is 10.6 Å². The molecule has 220 valence electrons. The Morgan fingerprint density at radius 1 is 1.12 bits per heavy atom. The van der Waals surface area contributed by atoms with Gasteiger partial charge in [0.2, 0.25) is 11.8 Å². The third kappa shape index (κ3) is 4.53. The summed E-state index contributed by atoms with van der Waals surface area (Å²) in [6.45, 7) is 0.530. The number of hydrogen-bond acceptors (Lipinski definition) is 5. The number of nitrogens with one attached hydrogen (secondary N) is 2. The maximum absolute atomic E-state index is 15.3. The molecule has 2 bridgehead atoms. The Balaban J connectivity index is 1.38. The van der Waals surface area contributed by atoms with Crippen LogP contribution >= 0.6 is 23.2 Å². The van der Waals surface area contributed by atoms with Crippen LogP contribution in [-0.4, -0.2) is 58.3 Å². The molecule has 5 aliphatic rings. The molecule has 5 atom stereocenters. The van der Waals surface area contributed by atoms with Crippen molar-refractivity contribution in [2.45, 2.75) is 68.2 Å². The molecule has 1 saturated carbocycles. The van der Waals surface area contributed by atoms with Crippen LogP contribution in [0.1, 0.15) is 49.7 Å². The largest absolute Gasteiger partial charge is 0.372 e. The zero-order valence-electron chi connectivity index (χ0n) is 22.4. The Hall–Kier alpha value is -3.26. The van der Waals surface area contributed by atoms with Gasteiger partial charge in [-0.2, -0.15) is 5.26 Å². The summed E-state index contributed by atoms with van der Waals surface area (Å²) in [5.74, 6) is -7.35. The number of alkyl halides is 2. The molecular formula is C30H28Cl2F2N4O4. The SMILES string of the molecule is N#C[C@@H](C[C@H]1CCCNC1=O)NC(=O)[C@H]1[C@H]2CC[C@H](CC2(F)F)N1C(=O)C1(O)c2cc(Cl)ccc2-c2ccc(Cl)cc21. The van der Waals surface area contributed by atoms with Gasteiger partial charge in [-0.15, -0.1) is 0 Å². The lowest BCUT2D eigenvalue weighted by atomic mass is 9.70. The molecule has 0 spiro atoms. The normalized spacial score (nSPS) is 27.3. The van der Waals surface area contributed by atoms with Crippen molar-refractivity contribution in [1.82, 2.24) is 15.5 Å². The summed E-state index contributed by atoms with van der Waals surface area (Å²) < 4.78 is 30.6. The Morgan fingerprint density at radius 3 is 2.33 bits per heavy atom. The van der Waals surface area contributed by atoms with Gasteiger partial charge in [0, 0.05) is 46.1 Å². The molecule has 42 heavy (non-hydrogen) atoms. The Labute approximate surface area is 251 Å². The summed E-state index contributed by atoms with van der Waals surface area (Å²) in [5, 5.41) is 27.8. The van der Waals surface area contributed by atoms with Crippen molar-refractivity contribution in [1.29, 1.82) is 5.26 Å². The summed E-state index contributed by atoms with van der Waals surface area (Å²) in [6, 6.07) is 7.61. The highest BCUT2D eigenvalue weighted by Gasteiger charge is 2.63. The van der Waals surface area contributed by atoms with Gasteiger partial charge in [0.15, 0.2) is 5.60 Å². The molecule has 0 radical (unpaired) electrons. The number of rotatable bonds is 5. The van der Waals surface area contributed by atoms with Gasteiger partial charge in [-0.3, -0.25) is 14.4 Å². The second-order valence-electron chi connectivity index (χ2n) is 11.6. The summed E-state index contributed by atoms with van der Waals surface area (Å²) in [4.78, 5) is 41.7. The van der Waals surface area contributed by atoms with E-state index in [0.29, 0.717) is 24.1 Å². The van der Waals surface area contributed by atoms with E-state index >= 15 is 8.78 Å². The summed E-state index contributed by atoms with van der Waals surface area (Å²) >= 11 is 12.5. The van der Waals surface area contributed by atoms with Crippen LogP contribution in [0.2, 0.25) is 10.0 Å². The number of fused-ring (bicyclic) bond motifs is 6. The molecule has 3 N–H and O–H groups in total. The monoisotopic (exact) mass is 616 g/mol. The Morgan fingerprint density at radius 2 is 1.76 bits per heavy atom. The highest BCUT2D eigenvalue weighted by molar-refractivity contribution is 6.31. The van der Waals surface area contributed by atoms with Crippen LogP contribution in [0.4, 0.5) is 8.78 Å². The summed E-state index contributed by atoms with van der Waals surface area (Å²) in [7, 11) is 0. The second-order valence-corrected chi connectivity index (χ2v) is 12.5. The number of piperidine rings is 3. The van der Waals surface area contributed by atoms with Gasteiger partial charge in [-0.1, -0.05) is 35.3 Å². The van der Waals surface area contributed by atoms with Crippen molar-refractivity contribution in [3.63, 3.8) is 0 Å². The Bertz CT molecular complexity index is 1480. The molecule has 3 heterocycles. The smallest absolute Gasteiger partial charge is 0.264 e. The lowest BCUT2D eigenvalue weighted by Crippen LogP contribution is -2.70. The standard InChI is InChI=1S/C30H28Cl2F2N4O4/c31-16-3-6-20-21-7-4-17(32)12-24(21)30(42,23(20)11-16)28(41)38-19-5-8-22(29(33,34)13-19)25(38)27(40)37-18(14-35)10-15-2-1-9-36-26(15)39/h3-4,6-7,11-12,15,18-19,22,25,42H,1-2,5,8-10,13H2,(H,36,39)(H,37,40)/t15-,18-,19-,22-,25-/m1/s1. The summed E-state index contributed by atoms with van der Waals surface area (Å²) in [6.07, 6.45) is 0.831. The van der Waals surface area contributed by atoms with Crippen molar-refractivity contribution < 1.29 is 28.3 Å². The predicted molar refractivity (Wildman–Crippen MR) is 150 cm³/mol. The summed E-state index contributed by atoms with van der Waals surface area (Å²) in [5.41, 5.74) is -0.942. The van der Waals surface area contributed by atoms with Gasteiger partial charge in [0.1, 0.15) is 12.1 Å². The van der Waals surface area contributed by atoms with Gasteiger partial charge < -0.3 is 20.6 Å². The van der Waals surface area contributed by atoms with E-state index in [9.17, 15) is 24.8 Å². The van der Waals surface area contributed by atoms with E-state index in [0.717, 1.165) is 11.3 Å². The van der Waals surface area contributed by atoms with E-state index in [1.54, 1.807) is 24.3 Å². The molecular weight excluding hydrogens is 589 g/mol. The number of halogens is 4.